The first-order chi connectivity index (χ1) is 7.68. The highest BCUT2D eigenvalue weighted by atomic mass is 16.4. The maximum atomic E-state index is 11.6. The van der Waals surface area contributed by atoms with Crippen molar-refractivity contribution in [2.45, 2.75) is 6.42 Å². The number of nitrogens with zero attached hydrogens (tertiary/aromatic N) is 1. The van der Waals surface area contributed by atoms with E-state index in [1.165, 1.54) is 4.90 Å². The van der Waals surface area contributed by atoms with Crippen LogP contribution in [0.2, 0.25) is 0 Å². The van der Waals surface area contributed by atoms with Gasteiger partial charge in [0.2, 0.25) is 5.91 Å². The van der Waals surface area contributed by atoms with Crippen molar-refractivity contribution in [3.05, 3.63) is 24.3 Å². The molecule has 2 N–H and O–H groups in total. The Balaban J connectivity index is 2.23. The van der Waals surface area contributed by atoms with E-state index in [-0.39, 0.29) is 25.4 Å². The van der Waals surface area contributed by atoms with Crippen molar-refractivity contribution in [3.63, 3.8) is 0 Å². The maximum Gasteiger partial charge on any atom is 0.305 e. The molecule has 5 heteroatoms. The second-order valence-corrected chi connectivity index (χ2v) is 3.56. The molecule has 1 aliphatic rings. The molecule has 0 spiro atoms. The lowest BCUT2D eigenvalue weighted by Gasteiger charge is -2.29. The topological polar surface area (TPSA) is 69.6 Å². The molecule has 1 amide bonds. The molecular formula is C11H12N2O3. The molecule has 1 heterocycles. The number of carboxylic acid groups (broad SMARTS) is 1. The number of para-hydroxylation sites is 2. The van der Waals surface area contributed by atoms with Crippen LogP contribution < -0.4 is 10.2 Å². The molecule has 0 unspecified atom stereocenters. The minimum atomic E-state index is -0.899. The van der Waals surface area contributed by atoms with Gasteiger partial charge in [-0.25, -0.2) is 0 Å². The number of hydrogen-bond donors (Lipinski definition) is 2. The van der Waals surface area contributed by atoms with E-state index >= 15 is 0 Å². The van der Waals surface area contributed by atoms with Gasteiger partial charge in [0, 0.05) is 6.54 Å². The van der Waals surface area contributed by atoms with Gasteiger partial charge in [0.05, 0.1) is 24.3 Å². The van der Waals surface area contributed by atoms with E-state index in [9.17, 15) is 9.59 Å². The highest BCUT2D eigenvalue weighted by Crippen LogP contribution is 2.28. The summed E-state index contributed by atoms with van der Waals surface area (Å²) >= 11 is 0. The van der Waals surface area contributed by atoms with Crippen LogP contribution in [0.25, 0.3) is 0 Å². The Bertz CT molecular complexity index is 431. The average Bonchev–Trinajstić information content (AvgIpc) is 2.27. The van der Waals surface area contributed by atoms with E-state index in [4.69, 9.17) is 5.11 Å². The summed E-state index contributed by atoms with van der Waals surface area (Å²) in [5.74, 6) is -0.997. The summed E-state index contributed by atoms with van der Waals surface area (Å²) in [6, 6.07) is 7.38. The first-order valence-electron chi connectivity index (χ1n) is 5.03. The van der Waals surface area contributed by atoms with Crippen molar-refractivity contribution in [1.82, 2.24) is 0 Å². The summed E-state index contributed by atoms with van der Waals surface area (Å²) in [5.41, 5.74) is 1.62. The van der Waals surface area contributed by atoms with Gasteiger partial charge in [-0.05, 0) is 12.1 Å². The van der Waals surface area contributed by atoms with E-state index in [0.29, 0.717) is 0 Å². The summed E-state index contributed by atoms with van der Waals surface area (Å²) in [7, 11) is 0. The minimum Gasteiger partial charge on any atom is -0.481 e. The second kappa shape index (κ2) is 4.22. The third-order valence-corrected chi connectivity index (χ3v) is 2.48. The first-order valence-corrected chi connectivity index (χ1v) is 5.03. The van der Waals surface area contributed by atoms with Crippen LogP contribution >= 0.6 is 0 Å². The fourth-order valence-corrected chi connectivity index (χ4v) is 1.71. The van der Waals surface area contributed by atoms with E-state index in [1.54, 1.807) is 6.07 Å². The number of carbonyl (C=O) groups excluding carboxylic acids is 1. The zero-order valence-corrected chi connectivity index (χ0v) is 8.64. The van der Waals surface area contributed by atoms with Gasteiger partial charge in [-0.15, -0.1) is 0 Å². The monoisotopic (exact) mass is 220 g/mol. The lowest BCUT2D eigenvalue weighted by molar-refractivity contribution is -0.136. The molecule has 5 nitrogen and oxygen atoms in total. The predicted octanol–water partition coefficient (Wildman–Crippen LogP) is 0.920. The number of carbonyl (C=O) groups is 2. The number of carboxylic acids is 1. The van der Waals surface area contributed by atoms with Crippen LogP contribution in [0.5, 0.6) is 0 Å². The number of amides is 1. The molecule has 0 atom stereocenters. The number of rotatable bonds is 3. The highest BCUT2D eigenvalue weighted by molar-refractivity contribution is 6.02. The Morgan fingerprint density at radius 2 is 2.19 bits per heavy atom. The molecule has 0 fully saturated rings. The van der Waals surface area contributed by atoms with Gasteiger partial charge >= 0.3 is 5.97 Å². The minimum absolute atomic E-state index is 0.0416. The zero-order valence-electron chi connectivity index (χ0n) is 8.64. The van der Waals surface area contributed by atoms with E-state index < -0.39 is 5.97 Å². The van der Waals surface area contributed by atoms with Crippen LogP contribution in [0, 0.1) is 0 Å². The maximum absolute atomic E-state index is 11.6. The Morgan fingerprint density at radius 3 is 2.94 bits per heavy atom. The molecule has 0 radical (unpaired) electrons. The van der Waals surface area contributed by atoms with Crippen molar-refractivity contribution in [3.8, 4) is 0 Å². The van der Waals surface area contributed by atoms with Crippen LogP contribution in [0.1, 0.15) is 6.42 Å². The molecule has 84 valence electrons. The highest BCUT2D eigenvalue weighted by Gasteiger charge is 2.23. The Morgan fingerprint density at radius 1 is 1.44 bits per heavy atom. The van der Waals surface area contributed by atoms with Crippen LogP contribution in [0.15, 0.2) is 24.3 Å². The molecule has 16 heavy (non-hydrogen) atoms. The largest absolute Gasteiger partial charge is 0.481 e. The van der Waals surface area contributed by atoms with Crippen molar-refractivity contribution < 1.29 is 14.7 Å². The summed E-state index contributed by atoms with van der Waals surface area (Å²) in [5, 5.41) is 11.6. The van der Waals surface area contributed by atoms with Crippen LogP contribution in [0.3, 0.4) is 0 Å². The molecule has 1 aliphatic heterocycles. The second-order valence-electron chi connectivity index (χ2n) is 3.56. The van der Waals surface area contributed by atoms with Gasteiger partial charge in [-0.3, -0.25) is 9.59 Å². The number of fused-ring (bicyclic) bond motifs is 1. The molecule has 0 aromatic heterocycles. The Labute approximate surface area is 92.7 Å². The summed E-state index contributed by atoms with van der Waals surface area (Å²) in [6.07, 6.45) is -0.0416. The number of anilines is 2. The molecule has 0 bridgehead atoms. The molecule has 0 saturated heterocycles. The summed E-state index contributed by atoms with van der Waals surface area (Å²) < 4.78 is 0. The third-order valence-electron chi connectivity index (χ3n) is 2.48. The molecular weight excluding hydrogens is 208 g/mol. The van der Waals surface area contributed by atoms with Gasteiger partial charge in [-0.2, -0.15) is 0 Å². The average molecular weight is 220 g/mol. The SMILES string of the molecule is O=C(O)CCN1C(=O)CNc2ccccc21. The smallest absolute Gasteiger partial charge is 0.305 e. The third kappa shape index (κ3) is 1.98. The van der Waals surface area contributed by atoms with Gasteiger partial charge in [-0.1, -0.05) is 12.1 Å². The normalized spacial score (nSPS) is 14.2. The molecule has 0 saturated carbocycles. The van der Waals surface area contributed by atoms with E-state index in [1.807, 2.05) is 18.2 Å². The van der Waals surface area contributed by atoms with E-state index in [0.717, 1.165) is 11.4 Å². The summed E-state index contributed by atoms with van der Waals surface area (Å²) in [4.78, 5) is 23.7. The number of nitrogens with one attached hydrogen (secondary N) is 1. The Kier molecular flexibility index (Phi) is 2.76. The van der Waals surface area contributed by atoms with Crippen molar-refractivity contribution in [2.75, 3.05) is 23.3 Å². The number of aliphatic carboxylic acids is 1. The fourth-order valence-electron chi connectivity index (χ4n) is 1.71. The first kappa shape index (κ1) is 10.5. The molecule has 2 rings (SSSR count). The summed E-state index contributed by atoms with van der Waals surface area (Å²) in [6.45, 7) is 0.434. The molecule has 1 aromatic carbocycles. The van der Waals surface area contributed by atoms with Crippen molar-refractivity contribution in [2.24, 2.45) is 0 Å². The zero-order chi connectivity index (χ0) is 11.5. The van der Waals surface area contributed by atoms with Crippen LogP contribution in [-0.2, 0) is 9.59 Å². The van der Waals surface area contributed by atoms with Gasteiger partial charge in [0.15, 0.2) is 0 Å². The lowest BCUT2D eigenvalue weighted by Crippen LogP contribution is -2.41. The van der Waals surface area contributed by atoms with Gasteiger partial charge in [0.1, 0.15) is 0 Å². The number of benzene rings is 1. The number of hydrogen-bond acceptors (Lipinski definition) is 3. The lowest BCUT2D eigenvalue weighted by atomic mass is 10.2. The molecule has 1 aromatic rings. The van der Waals surface area contributed by atoms with Crippen molar-refractivity contribution >= 4 is 23.3 Å². The van der Waals surface area contributed by atoms with Crippen LogP contribution in [0.4, 0.5) is 11.4 Å². The van der Waals surface area contributed by atoms with Crippen molar-refractivity contribution in [1.29, 1.82) is 0 Å². The fraction of sp³-hybridized carbons (Fsp3) is 0.273. The van der Waals surface area contributed by atoms with Crippen LogP contribution in [-0.4, -0.2) is 30.1 Å². The standard InChI is InChI=1S/C11H12N2O3/c14-10-7-12-8-3-1-2-4-9(8)13(10)6-5-11(15)16/h1-4,12H,5-7H2,(H,15,16). The van der Waals surface area contributed by atoms with E-state index in [2.05, 4.69) is 5.32 Å². The Hall–Kier alpha value is -2.04. The van der Waals surface area contributed by atoms with Gasteiger partial charge < -0.3 is 15.3 Å². The predicted molar refractivity (Wildman–Crippen MR) is 59.5 cm³/mol. The molecule has 0 aliphatic carbocycles. The quantitative estimate of drug-likeness (QED) is 0.794. The van der Waals surface area contributed by atoms with Gasteiger partial charge in [0.25, 0.3) is 0 Å².